The number of aliphatic imine (C=N–C) groups is 1. The number of hydrogen-bond acceptors (Lipinski definition) is 7. The molecule has 0 saturated carbocycles. The highest BCUT2D eigenvalue weighted by atomic mass is 35.5. The van der Waals surface area contributed by atoms with Crippen LogP contribution in [-0.4, -0.2) is 44.7 Å². The van der Waals surface area contributed by atoms with Crippen molar-refractivity contribution in [2.24, 2.45) is 10.9 Å². The molecule has 1 saturated heterocycles. The number of nitrogens with one attached hydrogen (secondary N) is 3. The van der Waals surface area contributed by atoms with Gasteiger partial charge in [0.2, 0.25) is 0 Å². The Bertz CT molecular complexity index is 1320. The zero-order valence-corrected chi connectivity index (χ0v) is 17.0. The summed E-state index contributed by atoms with van der Waals surface area (Å²) in [5.41, 5.74) is 3.40. The number of hydrogen-bond donors (Lipinski definition) is 3. The fraction of sp³-hybridized carbons (Fsp3) is 0.200. The summed E-state index contributed by atoms with van der Waals surface area (Å²) in [5, 5.41) is 12.2. The number of Topliss-reactive ketones (excluding diaryl/α,β-unsaturated/α-hetero) is 1. The lowest BCUT2D eigenvalue weighted by atomic mass is 9.76. The van der Waals surface area contributed by atoms with E-state index in [4.69, 9.17) is 16.0 Å². The van der Waals surface area contributed by atoms with E-state index in [-0.39, 0.29) is 17.6 Å². The summed E-state index contributed by atoms with van der Waals surface area (Å²) in [6.07, 6.45) is 1.73. The number of nitrogens with zero attached hydrogens (tertiary/aromatic N) is 3. The normalized spacial score (nSPS) is 20.8. The van der Waals surface area contributed by atoms with Crippen LogP contribution in [0.3, 0.4) is 0 Å². The fourth-order valence-electron chi connectivity index (χ4n) is 4.11. The van der Waals surface area contributed by atoms with Crippen LogP contribution in [0.1, 0.15) is 17.2 Å². The van der Waals surface area contributed by atoms with Crippen LogP contribution >= 0.6 is 23.4 Å². The van der Waals surface area contributed by atoms with Gasteiger partial charge in [0.1, 0.15) is 5.76 Å². The Morgan fingerprint density at radius 1 is 1.17 bits per heavy atom. The molecule has 0 bridgehead atoms. The Hall–Kier alpha value is -2.88. The highest BCUT2D eigenvalue weighted by Crippen LogP contribution is 2.44. The molecule has 0 spiro atoms. The van der Waals surface area contributed by atoms with E-state index in [1.54, 1.807) is 6.20 Å². The zero-order valence-electron chi connectivity index (χ0n) is 15.5. The smallest absolute Gasteiger partial charge is 0.174 e. The molecule has 0 aliphatic carbocycles. The minimum Gasteiger partial charge on any atom is -0.454 e. The lowest BCUT2D eigenvalue weighted by molar-refractivity contribution is -0.121. The maximum absolute atomic E-state index is 12.7. The topological polar surface area (TPSA) is 112 Å². The van der Waals surface area contributed by atoms with Crippen LogP contribution in [0.25, 0.3) is 11.0 Å². The minimum absolute atomic E-state index is 0.108. The number of carbonyl (C=O) groups excluding carboxylic acids is 1. The number of aromatic amines is 2. The molecule has 10 heteroatoms. The standard InChI is InChI=1S/C20H15ClN6O2S/c21-9-1-2-11-12(5-9)26-20(25-11)30-16-4-3-15(29-16)17-10-6-23-27-19(10)24-13-7-22-8-14(28)18(13)17/h1-6,17-18,22H,7-8H2,(H,23,27)(H,25,26). The molecule has 0 radical (unpaired) electrons. The Morgan fingerprint density at radius 3 is 3.03 bits per heavy atom. The number of benzene rings is 1. The number of furan rings is 1. The Balaban J connectivity index is 1.34. The molecule has 2 unspecified atom stereocenters. The predicted octanol–water partition coefficient (Wildman–Crippen LogP) is 3.69. The van der Waals surface area contributed by atoms with Gasteiger partial charge in [-0.05, 0) is 42.1 Å². The molecule has 4 aromatic rings. The largest absolute Gasteiger partial charge is 0.454 e. The molecule has 30 heavy (non-hydrogen) atoms. The van der Waals surface area contributed by atoms with E-state index in [1.807, 2.05) is 30.3 Å². The second kappa shape index (κ2) is 6.83. The van der Waals surface area contributed by atoms with Crippen molar-refractivity contribution in [2.75, 3.05) is 13.1 Å². The van der Waals surface area contributed by atoms with Crippen molar-refractivity contribution in [3.63, 3.8) is 0 Å². The van der Waals surface area contributed by atoms with E-state index in [0.29, 0.717) is 39.9 Å². The van der Waals surface area contributed by atoms with Crippen molar-refractivity contribution in [3.05, 3.63) is 52.9 Å². The van der Waals surface area contributed by atoms with Crippen LogP contribution in [0, 0.1) is 5.92 Å². The fourth-order valence-corrected chi connectivity index (χ4v) is 5.05. The number of carbonyl (C=O) groups is 1. The third-order valence-electron chi connectivity index (χ3n) is 5.41. The number of rotatable bonds is 3. The molecule has 8 nitrogen and oxygen atoms in total. The first kappa shape index (κ1) is 17.9. The lowest BCUT2D eigenvalue weighted by Crippen LogP contribution is -2.48. The molecule has 5 heterocycles. The van der Waals surface area contributed by atoms with Gasteiger partial charge in [0, 0.05) is 22.8 Å². The van der Waals surface area contributed by atoms with Gasteiger partial charge in [-0.2, -0.15) is 5.10 Å². The molecule has 3 N–H and O–H groups in total. The van der Waals surface area contributed by atoms with Crippen LogP contribution < -0.4 is 5.32 Å². The number of imidazole rings is 1. The highest BCUT2D eigenvalue weighted by molar-refractivity contribution is 7.99. The number of H-pyrrole nitrogens is 2. The van der Waals surface area contributed by atoms with Crippen molar-refractivity contribution in [2.45, 2.75) is 16.2 Å². The molecule has 6 rings (SSSR count). The number of halogens is 1. The van der Waals surface area contributed by atoms with Crippen molar-refractivity contribution in [1.82, 2.24) is 25.5 Å². The van der Waals surface area contributed by atoms with Crippen molar-refractivity contribution in [1.29, 1.82) is 0 Å². The van der Waals surface area contributed by atoms with Crippen LogP contribution in [0.5, 0.6) is 0 Å². The molecule has 150 valence electrons. The summed E-state index contributed by atoms with van der Waals surface area (Å²) in [6, 6.07) is 9.34. The second-order valence-electron chi connectivity index (χ2n) is 7.26. The summed E-state index contributed by atoms with van der Waals surface area (Å²) in [5.74, 6) is 0.921. The second-order valence-corrected chi connectivity index (χ2v) is 8.69. The Kier molecular flexibility index (Phi) is 4.08. The average Bonchev–Trinajstić information content (AvgIpc) is 3.45. The van der Waals surface area contributed by atoms with Gasteiger partial charge < -0.3 is 14.7 Å². The molecule has 2 atom stereocenters. The van der Waals surface area contributed by atoms with E-state index in [2.05, 4.69) is 30.5 Å². The lowest BCUT2D eigenvalue weighted by Gasteiger charge is -2.32. The van der Waals surface area contributed by atoms with E-state index in [0.717, 1.165) is 22.3 Å². The van der Waals surface area contributed by atoms with E-state index < -0.39 is 0 Å². The highest BCUT2D eigenvalue weighted by Gasteiger charge is 2.43. The molecule has 0 amide bonds. The number of fused-ring (bicyclic) bond motifs is 3. The van der Waals surface area contributed by atoms with Gasteiger partial charge in [0.05, 0.1) is 35.6 Å². The predicted molar refractivity (Wildman–Crippen MR) is 113 cm³/mol. The monoisotopic (exact) mass is 438 g/mol. The third-order valence-corrected chi connectivity index (χ3v) is 6.45. The Morgan fingerprint density at radius 2 is 2.10 bits per heavy atom. The summed E-state index contributed by atoms with van der Waals surface area (Å²) in [4.78, 5) is 25.1. The Labute approximate surface area is 179 Å². The molecule has 1 fully saturated rings. The number of piperidine rings is 1. The average molecular weight is 439 g/mol. The first-order valence-electron chi connectivity index (χ1n) is 9.43. The first-order valence-corrected chi connectivity index (χ1v) is 10.6. The van der Waals surface area contributed by atoms with E-state index >= 15 is 0 Å². The van der Waals surface area contributed by atoms with E-state index in [9.17, 15) is 4.79 Å². The van der Waals surface area contributed by atoms with Gasteiger partial charge in [-0.1, -0.05) is 11.6 Å². The molecule has 3 aromatic heterocycles. The third kappa shape index (κ3) is 2.89. The maximum Gasteiger partial charge on any atom is 0.174 e. The minimum atomic E-state index is -0.339. The van der Waals surface area contributed by atoms with Crippen molar-refractivity contribution < 1.29 is 9.21 Å². The van der Waals surface area contributed by atoms with Crippen LogP contribution in [0.4, 0.5) is 5.82 Å². The SMILES string of the molecule is O=C1CNCC2=Nc3[nH]ncc3C(c3ccc(Sc4nc5ccc(Cl)cc5[nH]4)o3)C12. The summed E-state index contributed by atoms with van der Waals surface area (Å²) in [7, 11) is 0. The molecule has 1 aromatic carbocycles. The first-order chi connectivity index (χ1) is 14.7. The maximum atomic E-state index is 12.7. The van der Waals surface area contributed by atoms with Gasteiger partial charge in [-0.3, -0.25) is 9.89 Å². The summed E-state index contributed by atoms with van der Waals surface area (Å²) in [6.45, 7) is 0.909. The molecule has 2 aliphatic rings. The van der Waals surface area contributed by atoms with Gasteiger partial charge in [0.15, 0.2) is 21.8 Å². The van der Waals surface area contributed by atoms with Gasteiger partial charge in [-0.15, -0.1) is 0 Å². The molecule has 2 aliphatic heterocycles. The van der Waals surface area contributed by atoms with Gasteiger partial charge >= 0.3 is 0 Å². The zero-order chi connectivity index (χ0) is 20.2. The number of ketones is 1. The van der Waals surface area contributed by atoms with Crippen LogP contribution in [0.2, 0.25) is 5.02 Å². The van der Waals surface area contributed by atoms with Crippen LogP contribution in [-0.2, 0) is 4.79 Å². The quantitative estimate of drug-likeness (QED) is 0.449. The van der Waals surface area contributed by atoms with Crippen LogP contribution in [0.15, 0.2) is 56.2 Å². The van der Waals surface area contributed by atoms with Crippen molar-refractivity contribution in [3.8, 4) is 0 Å². The molecular formula is C20H15ClN6O2S. The molecular weight excluding hydrogens is 424 g/mol. The van der Waals surface area contributed by atoms with Gasteiger partial charge in [-0.25, -0.2) is 9.98 Å². The summed E-state index contributed by atoms with van der Waals surface area (Å²) >= 11 is 7.44. The van der Waals surface area contributed by atoms with E-state index in [1.165, 1.54) is 11.8 Å². The summed E-state index contributed by atoms with van der Waals surface area (Å²) < 4.78 is 6.18. The number of aromatic nitrogens is 4. The van der Waals surface area contributed by atoms with Gasteiger partial charge in [0.25, 0.3) is 0 Å². The van der Waals surface area contributed by atoms with Crippen molar-refractivity contribution >= 4 is 51.7 Å².